The van der Waals surface area contributed by atoms with Crippen LogP contribution in [0.2, 0.25) is 0 Å². The first-order chi connectivity index (χ1) is 17.6. The SMILES string of the molecule is C=CCN1CCO[C@@H]2CN(C(=O)CCc3cncnc3)CC[C@@H]2C1.O=C(O)C(F)(F)F.O=C(O)C(F)(F)F. The lowest BCUT2D eigenvalue weighted by Crippen LogP contribution is -2.49. The van der Waals surface area contributed by atoms with E-state index in [4.69, 9.17) is 24.5 Å². The van der Waals surface area contributed by atoms with E-state index in [1.54, 1.807) is 12.4 Å². The number of carbonyl (C=O) groups is 3. The largest absolute Gasteiger partial charge is 0.490 e. The number of hydrogen-bond acceptors (Lipinski definition) is 7. The number of rotatable bonds is 5. The minimum atomic E-state index is -5.08. The zero-order chi connectivity index (χ0) is 28.9. The molecule has 10 nitrogen and oxygen atoms in total. The second-order valence-corrected chi connectivity index (χ2v) is 8.20. The summed E-state index contributed by atoms with van der Waals surface area (Å²) in [6.07, 6.45) is -0.784. The monoisotopic (exact) mass is 558 g/mol. The normalized spacial score (nSPS) is 19.9. The van der Waals surface area contributed by atoms with Gasteiger partial charge in [0.2, 0.25) is 5.91 Å². The average molecular weight is 558 g/mol. The van der Waals surface area contributed by atoms with Crippen LogP contribution in [0.15, 0.2) is 31.4 Å². The quantitative estimate of drug-likeness (QED) is 0.413. The molecule has 1 aromatic rings. The molecule has 2 aliphatic heterocycles. The standard InChI is InChI=1S/C18H26N4O2.2C2HF3O2/c1-2-6-21-8-9-24-17-13-22(7-5-16(17)12-21)18(23)4-3-15-10-19-14-20-11-15;2*3-2(4,5)1(6)7/h2,10-11,14,16-17H,1,3-9,12-13H2;2*(H,6,7)/t16-,17-;;/m1../s1. The number of nitrogens with zero attached hydrogens (tertiary/aromatic N) is 4. The third kappa shape index (κ3) is 12.3. The Hall–Kier alpha value is -3.27. The van der Waals surface area contributed by atoms with Crippen LogP contribution in [0.1, 0.15) is 18.4 Å². The molecule has 16 heteroatoms. The van der Waals surface area contributed by atoms with Crippen molar-refractivity contribution in [2.75, 3.05) is 39.3 Å². The molecule has 0 radical (unpaired) electrons. The lowest BCUT2D eigenvalue weighted by molar-refractivity contribution is -0.193. The first kappa shape index (κ1) is 32.8. The van der Waals surface area contributed by atoms with Crippen molar-refractivity contribution in [1.29, 1.82) is 0 Å². The molecule has 3 rings (SSSR count). The second-order valence-electron chi connectivity index (χ2n) is 8.20. The van der Waals surface area contributed by atoms with E-state index in [0.29, 0.717) is 18.8 Å². The van der Waals surface area contributed by atoms with Crippen molar-refractivity contribution in [3.8, 4) is 0 Å². The van der Waals surface area contributed by atoms with Gasteiger partial charge in [-0.1, -0.05) is 6.08 Å². The molecule has 0 bridgehead atoms. The predicted molar refractivity (Wildman–Crippen MR) is 119 cm³/mol. The van der Waals surface area contributed by atoms with Gasteiger partial charge in [0.15, 0.2) is 0 Å². The third-order valence-electron chi connectivity index (χ3n) is 5.39. The van der Waals surface area contributed by atoms with Crippen molar-refractivity contribution in [3.05, 3.63) is 36.9 Å². The van der Waals surface area contributed by atoms with Gasteiger partial charge in [0.1, 0.15) is 6.33 Å². The van der Waals surface area contributed by atoms with E-state index in [1.807, 2.05) is 11.0 Å². The molecule has 0 unspecified atom stereocenters. The molecule has 0 aliphatic carbocycles. The molecule has 2 saturated heterocycles. The number of fused-ring (bicyclic) bond motifs is 1. The zero-order valence-electron chi connectivity index (χ0n) is 20.1. The predicted octanol–water partition coefficient (Wildman–Crippen LogP) is 2.41. The van der Waals surface area contributed by atoms with E-state index in [0.717, 1.165) is 51.3 Å². The minimum Gasteiger partial charge on any atom is -0.475 e. The fraction of sp³-hybridized carbons (Fsp3) is 0.591. The molecule has 0 aromatic carbocycles. The van der Waals surface area contributed by atoms with Crippen LogP contribution in [0.3, 0.4) is 0 Å². The number of amides is 1. The number of ether oxygens (including phenoxy) is 1. The van der Waals surface area contributed by atoms with Crippen molar-refractivity contribution in [2.24, 2.45) is 5.92 Å². The van der Waals surface area contributed by atoms with Crippen LogP contribution in [-0.4, -0.2) is 106 Å². The molecule has 1 amide bonds. The van der Waals surface area contributed by atoms with Crippen molar-refractivity contribution in [2.45, 2.75) is 37.7 Å². The van der Waals surface area contributed by atoms with Crippen LogP contribution in [0.4, 0.5) is 26.3 Å². The minimum absolute atomic E-state index is 0.164. The van der Waals surface area contributed by atoms with Gasteiger partial charge in [-0.15, -0.1) is 6.58 Å². The van der Waals surface area contributed by atoms with Crippen LogP contribution < -0.4 is 0 Å². The highest BCUT2D eigenvalue weighted by Gasteiger charge is 2.39. The molecule has 2 aliphatic rings. The van der Waals surface area contributed by atoms with Gasteiger partial charge in [-0.2, -0.15) is 26.3 Å². The topological polar surface area (TPSA) is 133 Å². The lowest BCUT2D eigenvalue weighted by Gasteiger charge is -2.38. The third-order valence-corrected chi connectivity index (χ3v) is 5.39. The zero-order valence-corrected chi connectivity index (χ0v) is 20.1. The molecular formula is C22H28F6N4O6. The fourth-order valence-electron chi connectivity index (χ4n) is 3.56. The molecule has 2 N–H and O–H groups in total. The summed E-state index contributed by atoms with van der Waals surface area (Å²) in [6.45, 7) is 9.01. The Kier molecular flexibility index (Phi) is 13.1. The Morgan fingerprint density at radius 3 is 2.08 bits per heavy atom. The van der Waals surface area contributed by atoms with Gasteiger partial charge in [-0.3, -0.25) is 9.69 Å². The van der Waals surface area contributed by atoms with Gasteiger partial charge in [0.25, 0.3) is 0 Å². The first-order valence-corrected chi connectivity index (χ1v) is 11.2. The summed E-state index contributed by atoms with van der Waals surface area (Å²) in [4.78, 5) is 42.6. The van der Waals surface area contributed by atoms with Gasteiger partial charge in [0, 0.05) is 57.5 Å². The highest BCUT2D eigenvalue weighted by atomic mass is 19.4. The van der Waals surface area contributed by atoms with Crippen LogP contribution in [-0.2, 0) is 25.5 Å². The summed E-state index contributed by atoms with van der Waals surface area (Å²) < 4.78 is 69.5. The summed E-state index contributed by atoms with van der Waals surface area (Å²) >= 11 is 0. The van der Waals surface area contributed by atoms with Crippen LogP contribution >= 0.6 is 0 Å². The Balaban J connectivity index is 0.000000426. The van der Waals surface area contributed by atoms with Gasteiger partial charge >= 0.3 is 24.3 Å². The molecule has 3 heterocycles. The maximum atomic E-state index is 12.5. The number of aryl methyl sites for hydroxylation is 1. The average Bonchev–Trinajstić information content (AvgIpc) is 3.04. The first-order valence-electron chi connectivity index (χ1n) is 11.2. The number of carboxylic acids is 2. The maximum absolute atomic E-state index is 12.5. The summed E-state index contributed by atoms with van der Waals surface area (Å²) in [5.41, 5.74) is 1.01. The number of carbonyl (C=O) groups excluding carboxylic acids is 1. The number of piperidine rings is 1. The molecule has 214 valence electrons. The van der Waals surface area contributed by atoms with E-state index in [1.165, 1.54) is 6.33 Å². The van der Waals surface area contributed by atoms with Crippen molar-refractivity contribution in [3.63, 3.8) is 0 Å². The Bertz CT molecular complexity index is 892. The number of alkyl halides is 6. The van der Waals surface area contributed by atoms with E-state index < -0.39 is 24.3 Å². The van der Waals surface area contributed by atoms with Gasteiger partial charge in [-0.25, -0.2) is 19.6 Å². The van der Waals surface area contributed by atoms with Crippen LogP contribution in [0.5, 0.6) is 0 Å². The van der Waals surface area contributed by atoms with Crippen molar-refractivity contribution >= 4 is 17.8 Å². The Morgan fingerprint density at radius 1 is 1.03 bits per heavy atom. The van der Waals surface area contributed by atoms with E-state index in [2.05, 4.69) is 21.4 Å². The molecule has 2 fully saturated rings. The van der Waals surface area contributed by atoms with Gasteiger partial charge in [0.05, 0.1) is 12.7 Å². The number of aromatic nitrogens is 2. The lowest BCUT2D eigenvalue weighted by atomic mass is 9.93. The second kappa shape index (κ2) is 15.2. The highest BCUT2D eigenvalue weighted by Crippen LogP contribution is 2.24. The number of halogens is 6. The number of likely N-dealkylation sites (tertiary alicyclic amines) is 1. The molecule has 0 saturated carbocycles. The van der Waals surface area contributed by atoms with Crippen molar-refractivity contribution < 1.29 is 55.7 Å². The summed E-state index contributed by atoms with van der Waals surface area (Å²) in [5, 5.41) is 14.2. The van der Waals surface area contributed by atoms with Gasteiger partial charge < -0.3 is 19.8 Å². The molecular weight excluding hydrogens is 530 g/mol. The summed E-state index contributed by atoms with van der Waals surface area (Å²) in [5.74, 6) is -4.80. The summed E-state index contributed by atoms with van der Waals surface area (Å²) in [6, 6.07) is 0. The van der Waals surface area contributed by atoms with Crippen LogP contribution in [0.25, 0.3) is 0 Å². The number of aliphatic carboxylic acids is 2. The van der Waals surface area contributed by atoms with E-state index >= 15 is 0 Å². The maximum Gasteiger partial charge on any atom is 0.490 e. The summed E-state index contributed by atoms with van der Waals surface area (Å²) in [7, 11) is 0. The van der Waals surface area contributed by atoms with E-state index in [-0.39, 0.29) is 12.0 Å². The molecule has 1 aromatic heterocycles. The van der Waals surface area contributed by atoms with Crippen molar-refractivity contribution in [1.82, 2.24) is 19.8 Å². The number of carboxylic acid groups (broad SMARTS) is 2. The molecule has 0 spiro atoms. The number of hydrogen-bond donors (Lipinski definition) is 2. The van der Waals surface area contributed by atoms with Gasteiger partial charge in [-0.05, 0) is 18.4 Å². The Labute approximate surface area is 213 Å². The van der Waals surface area contributed by atoms with E-state index in [9.17, 15) is 31.1 Å². The Morgan fingerprint density at radius 2 is 1.58 bits per heavy atom. The smallest absolute Gasteiger partial charge is 0.475 e. The molecule has 2 atom stereocenters. The molecule has 38 heavy (non-hydrogen) atoms. The fourth-order valence-corrected chi connectivity index (χ4v) is 3.56. The van der Waals surface area contributed by atoms with Crippen LogP contribution in [0, 0.1) is 5.92 Å². The highest BCUT2D eigenvalue weighted by molar-refractivity contribution is 5.76.